The predicted octanol–water partition coefficient (Wildman–Crippen LogP) is 3.64. The van der Waals surface area contributed by atoms with Gasteiger partial charge in [0, 0.05) is 6.54 Å². The molecule has 0 aliphatic heterocycles. The molecule has 0 heterocycles. The quantitative estimate of drug-likeness (QED) is 0.452. The Balaban J connectivity index is 1.75. The van der Waals surface area contributed by atoms with E-state index in [1.165, 1.54) is 6.07 Å². The predicted molar refractivity (Wildman–Crippen MR) is 130 cm³/mol. The monoisotopic (exact) mass is 466 g/mol. The maximum absolute atomic E-state index is 13.1. The van der Waals surface area contributed by atoms with E-state index in [1.54, 1.807) is 19.1 Å². The molecule has 1 atom stereocenters. The number of hydrogen-bond donors (Lipinski definition) is 2. The maximum Gasteiger partial charge on any atom is 0.241 e. The van der Waals surface area contributed by atoms with E-state index in [-0.39, 0.29) is 17.2 Å². The summed E-state index contributed by atoms with van der Waals surface area (Å²) in [5, 5.41) is 2.88. The van der Waals surface area contributed by atoms with Crippen molar-refractivity contribution in [2.45, 2.75) is 37.6 Å². The van der Waals surface area contributed by atoms with Gasteiger partial charge in [-0.1, -0.05) is 60.7 Å². The van der Waals surface area contributed by atoms with E-state index in [0.29, 0.717) is 30.9 Å². The van der Waals surface area contributed by atoms with Gasteiger partial charge in [0.1, 0.15) is 11.8 Å². The maximum atomic E-state index is 13.1. The van der Waals surface area contributed by atoms with Crippen molar-refractivity contribution in [2.75, 3.05) is 13.2 Å². The summed E-state index contributed by atoms with van der Waals surface area (Å²) >= 11 is 0. The third-order valence-electron chi connectivity index (χ3n) is 5.21. The van der Waals surface area contributed by atoms with Crippen LogP contribution in [0.2, 0.25) is 0 Å². The lowest BCUT2D eigenvalue weighted by molar-refractivity contribution is -0.122. The number of carbonyl (C=O) groups is 1. The van der Waals surface area contributed by atoms with Gasteiger partial charge < -0.3 is 10.1 Å². The van der Waals surface area contributed by atoms with Crippen molar-refractivity contribution in [3.63, 3.8) is 0 Å². The molecule has 0 unspecified atom stereocenters. The number of aryl methyl sites for hydroxylation is 1. The Labute approximate surface area is 196 Å². The van der Waals surface area contributed by atoms with Crippen LogP contribution in [0.25, 0.3) is 0 Å². The van der Waals surface area contributed by atoms with Crippen molar-refractivity contribution < 1.29 is 17.9 Å². The zero-order valence-corrected chi connectivity index (χ0v) is 19.8. The van der Waals surface area contributed by atoms with Crippen LogP contribution in [0.4, 0.5) is 0 Å². The molecule has 0 saturated heterocycles. The Bertz CT molecular complexity index is 1150. The van der Waals surface area contributed by atoms with E-state index >= 15 is 0 Å². The summed E-state index contributed by atoms with van der Waals surface area (Å²) in [4.78, 5) is 13.1. The molecule has 0 aliphatic rings. The van der Waals surface area contributed by atoms with E-state index in [4.69, 9.17) is 4.74 Å². The van der Waals surface area contributed by atoms with Gasteiger partial charge in [-0.05, 0) is 61.6 Å². The average molecular weight is 467 g/mol. The van der Waals surface area contributed by atoms with Crippen molar-refractivity contribution in [3.8, 4) is 5.75 Å². The largest absolute Gasteiger partial charge is 0.494 e. The third-order valence-corrected chi connectivity index (χ3v) is 6.68. The Morgan fingerprint density at radius 3 is 2.18 bits per heavy atom. The minimum Gasteiger partial charge on any atom is -0.494 e. The van der Waals surface area contributed by atoms with Gasteiger partial charge in [0.15, 0.2) is 0 Å². The molecule has 7 heteroatoms. The first-order valence-electron chi connectivity index (χ1n) is 11.0. The number of rotatable bonds is 11. The first-order valence-corrected chi connectivity index (χ1v) is 12.5. The highest BCUT2D eigenvalue weighted by molar-refractivity contribution is 7.89. The molecule has 174 valence electrons. The minimum atomic E-state index is -3.92. The highest BCUT2D eigenvalue weighted by Crippen LogP contribution is 2.22. The molecule has 0 radical (unpaired) electrons. The van der Waals surface area contributed by atoms with Gasteiger partial charge in [0.2, 0.25) is 15.9 Å². The van der Waals surface area contributed by atoms with Crippen LogP contribution in [0.5, 0.6) is 5.75 Å². The van der Waals surface area contributed by atoms with Crippen LogP contribution in [-0.4, -0.2) is 33.5 Å². The van der Waals surface area contributed by atoms with Crippen LogP contribution in [0.15, 0.2) is 83.8 Å². The molecule has 2 N–H and O–H groups in total. The fraction of sp³-hybridized carbons (Fsp3) is 0.269. The van der Waals surface area contributed by atoms with Gasteiger partial charge in [-0.25, -0.2) is 8.42 Å². The molecule has 0 spiro atoms. The lowest BCUT2D eigenvalue weighted by Crippen LogP contribution is -2.48. The van der Waals surface area contributed by atoms with E-state index in [2.05, 4.69) is 10.0 Å². The second kappa shape index (κ2) is 11.6. The van der Waals surface area contributed by atoms with E-state index in [9.17, 15) is 13.2 Å². The third kappa shape index (κ3) is 7.17. The number of carbonyl (C=O) groups excluding carboxylic acids is 1. The second-order valence-electron chi connectivity index (χ2n) is 7.75. The first kappa shape index (κ1) is 24.5. The van der Waals surface area contributed by atoms with Crippen LogP contribution >= 0.6 is 0 Å². The van der Waals surface area contributed by atoms with Crippen LogP contribution < -0.4 is 14.8 Å². The highest BCUT2D eigenvalue weighted by Gasteiger charge is 2.26. The fourth-order valence-electron chi connectivity index (χ4n) is 3.50. The van der Waals surface area contributed by atoms with Gasteiger partial charge >= 0.3 is 0 Å². The van der Waals surface area contributed by atoms with Gasteiger partial charge in [0.25, 0.3) is 0 Å². The average Bonchev–Trinajstić information content (AvgIpc) is 2.81. The molecule has 0 aliphatic carbocycles. The first-order chi connectivity index (χ1) is 15.9. The molecule has 0 saturated carbocycles. The summed E-state index contributed by atoms with van der Waals surface area (Å²) in [5.74, 6) is 0.275. The molecular formula is C26H30N2O4S. The van der Waals surface area contributed by atoms with Gasteiger partial charge in [0.05, 0.1) is 11.5 Å². The highest BCUT2D eigenvalue weighted by atomic mass is 32.2. The molecule has 1 amide bonds. The fourth-order valence-corrected chi connectivity index (χ4v) is 4.78. The topological polar surface area (TPSA) is 84.5 Å². The Kier molecular flexibility index (Phi) is 8.63. The van der Waals surface area contributed by atoms with Gasteiger partial charge in [-0.3, -0.25) is 4.79 Å². The number of hydrogen-bond acceptors (Lipinski definition) is 4. The molecular weight excluding hydrogens is 436 g/mol. The van der Waals surface area contributed by atoms with Crippen LogP contribution in [-0.2, 0) is 27.7 Å². The standard InChI is InChI=1S/C26H30N2O4S/c1-3-32-25-15-14-23(18-20(25)2)33(30,31)28-24(19-22-12-8-5-9-13-22)26(29)27-17-16-21-10-6-4-7-11-21/h4-15,18,24,28H,3,16-17,19H2,1-2H3,(H,27,29)/t24-/m1/s1. The molecule has 0 aromatic heterocycles. The van der Waals surface area contributed by atoms with Crippen LogP contribution in [0.1, 0.15) is 23.6 Å². The summed E-state index contributed by atoms with van der Waals surface area (Å²) < 4.78 is 34.4. The summed E-state index contributed by atoms with van der Waals surface area (Å²) in [6.45, 7) is 4.57. The second-order valence-corrected chi connectivity index (χ2v) is 9.46. The number of sulfonamides is 1. The van der Waals surface area contributed by atoms with Crippen molar-refractivity contribution >= 4 is 15.9 Å². The molecule has 6 nitrogen and oxygen atoms in total. The molecule has 3 aromatic carbocycles. The van der Waals surface area contributed by atoms with Crippen molar-refractivity contribution in [3.05, 3.63) is 95.6 Å². The molecule has 3 aromatic rings. The van der Waals surface area contributed by atoms with Crippen LogP contribution in [0.3, 0.4) is 0 Å². The molecule has 0 bridgehead atoms. The van der Waals surface area contributed by atoms with Crippen molar-refractivity contribution in [2.24, 2.45) is 0 Å². The summed E-state index contributed by atoms with van der Waals surface area (Å²) in [5.41, 5.74) is 2.68. The zero-order chi connectivity index (χ0) is 23.7. The van der Waals surface area contributed by atoms with Gasteiger partial charge in [-0.2, -0.15) is 4.72 Å². The summed E-state index contributed by atoms with van der Waals surface area (Å²) in [7, 11) is -3.92. The van der Waals surface area contributed by atoms with Crippen molar-refractivity contribution in [1.82, 2.24) is 10.0 Å². The molecule has 33 heavy (non-hydrogen) atoms. The van der Waals surface area contributed by atoms with Gasteiger partial charge in [-0.15, -0.1) is 0 Å². The Hall–Kier alpha value is -3.16. The van der Waals surface area contributed by atoms with E-state index < -0.39 is 16.1 Å². The zero-order valence-electron chi connectivity index (χ0n) is 19.0. The summed E-state index contributed by atoms with van der Waals surface area (Å²) in [6.07, 6.45) is 0.905. The smallest absolute Gasteiger partial charge is 0.241 e. The summed E-state index contributed by atoms with van der Waals surface area (Å²) in [6, 6.07) is 22.9. The lowest BCUT2D eigenvalue weighted by Gasteiger charge is -2.19. The normalized spacial score (nSPS) is 12.2. The van der Waals surface area contributed by atoms with Crippen LogP contribution in [0, 0.1) is 6.92 Å². The van der Waals surface area contributed by atoms with E-state index in [0.717, 1.165) is 11.1 Å². The Morgan fingerprint density at radius 1 is 0.939 bits per heavy atom. The van der Waals surface area contributed by atoms with E-state index in [1.807, 2.05) is 67.6 Å². The number of nitrogens with one attached hydrogen (secondary N) is 2. The number of ether oxygens (including phenoxy) is 1. The number of benzene rings is 3. The molecule has 3 rings (SSSR count). The SMILES string of the molecule is CCOc1ccc(S(=O)(=O)N[C@H](Cc2ccccc2)C(=O)NCCc2ccccc2)cc1C. The minimum absolute atomic E-state index is 0.0959. The Morgan fingerprint density at radius 2 is 1.58 bits per heavy atom. The molecule has 0 fully saturated rings. The number of amides is 1. The van der Waals surface area contributed by atoms with Crippen molar-refractivity contribution in [1.29, 1.82) is 0 Å². The lowest BCUT2D eigenvalue weighted by atomic mass is 10.1.